The predicted molar refractivity (Wildman–Crippen MR) is 65.6 cm³/mol. The van der Waals surface area contributed by atoms with Crippen LogP contribution in [0.25, 0.3) is 0 Å². The zero-order valence-electron chi connectivity index (χ0n) is 10.6. The van der Waals surface area contributed by atoms with Crippen molar-refractivity contribution >= 4 is 17.9 Å². The summed E-state index contributed by atoms with van der Waals surface area (Å²) in [5.41, 5.74) is 0. The number of carboxylic acid groups (broad SMARTS) is 1. The van der Waals surface area contributed by atoms with E-state index in [4.69, 9.17) is 5.11 Å². The minimum absolute atomic E-state index is 0.0357. The first-order valence-electron chi connectivity index (χ1n) is 6.35. The van der Waals surface area contributed by atoms with Gasteiger partial charge in [0.15, 0.2) is 0 Å². The molecule has 0 aromatic carbocycles. The molecule has 0 aliphatic carbocycles. The van der Waals surface area contributed by atoms with Crippen LogP contribution in [0.4, 0.5) is 4.79 Å². The van der Waals surface area contributed by atoms with Crippen LogP contribution < -0.4 is 10.6 Å². The summed E-state index contributed by atoms with van der Waals surface area (Å²) in [7, 11) is 0. The summed E-state index contributed by atoms with van der Waals surface area (Å²) in [5, 5.41) is 14.8. The second-order valence-corrected chi connectivity index (χ2v) is 4.66. The van der Waals surface area contributed by atoms with Gasteiger partial charge in [0.1, 0.15) is 12.6 Å². The maximum Gasteiger partial charge on any atom is 0.328 e. The zero-order valence-corrected chi connectivity index (χ0v) is 10.6. The van der Waals surface area contributed by atoms with Crippen LogP contribution in [0.5, 0.6) is 0 Å². The summed E-state index contributed by atoms with van der Waals surface area (Å²) < 4.78 is 0. The average Bonchev–Trinajstić information content (AvgIpc) is 2.66. The van der Waals surface area contributed by atoms with Crippen molar-refractivity contribution in [3.63, 3.8) is 0 Å². The second-order valence-electron chi connectivity index (χ2n) is 4.66. The van der Waals surface area contributed by atoms with Crippen LogP contribution in [0, 0.1) is 0 Å². The molecule has 1 unspecified atom stereocenters. The molecule has 0 aromatic heterocycles. The highest BCUT2D eigenvalue weighted by Gasteiger charge is 2.37. The third kappa shape index (κ3) is 3.14. The molecule has 0 saturated carbocycles. The molecule has 2 heterocycles. The summed E-state index contributed by atoms with van der Waals surface area (Å²) in [6.45, 7) is 2.40. The number of piperazine rings is 1. The van der Waals surface area contributed by atoms with Gasteiger partial charge in [0.25, 0.3) is 0 Å². The summed E-state index contributed by atoms with van der Waals surface area (Å²) >= 11 is 0. The maximum atomic E-state index is 12.3. The van der Waals surface area contributed by atoms with Crippen LogP contribution >= 0.6 is 0 Å². The van der Waals surface area contributed by atoms with Gasteiger partial charge in [-0.2, -0.15) is 0 Å². The summed E-state index contributed by atoms with van der Waals surface area (Å²) in [6.07, 6.45) is 0.823. The van der Waals surface area contributed by atoms with E-state index in [1.54, 1.807) is 4.90 Å². The van der Waals surface area contributed by atoms with Gasteiger partial charge >= 0.3 is 12.0 Å². The Morgan fingerprint density at radius 2 is 2.05 bits per heavy atom. The minimum atomic E-state index is -1.10. The molecule has 3 N–H and O–H groups in total. The van der Waals surface area contributed by atoms with E-state index < -0.39 is 12.0 Å². The molecular weight excluding hydrogens is 252 g/mol. The molecule has 2 saturated heterocycles. The Bertz CT molecular complexity index is 379. The number of amides is 3. The van der Waals surface area contributed by atoms with E-state index in [2.05, 4.69) is 10.6 Å². The van der Waals surface area contributed by atoms with Crippen LogP contribution in [0.3, 0.4) is 0 Å². The molecule has 2 aliphatic heterocycles. The SMILES string of the molecule is O=C1CN(C(=O)N2CCCNCC2)C(C(=O)O)CN1. The lowest BCUT2D eigenvalue weighted by atomic mass is 10.2. The molecule has 2 aliphatic rings. The number of aliphatic carboxylic acids is 1. The monoisotopic (exact) mass is 270 g/mol. The Kier molecular flexibility index (Phi) is 4.20. The fourth-order valence-electron chi connectivity index (χ4n) is 2.28. The van der Waals surface area contributed by atoms with E-state index in [1.165, 1.54) is 0 Å². The molecule has 0 aromatic rings. The van der Waals surface area contributed by atoms with Crippen LogP contribution in [0.1, 0.15) is 6.42 Å². The standard InChI is InChI=1S/C11H18N4O4/c16-9-7-15(8(6-13-9)10(17)18)11(19)14-4-1-2-12-3-5-14/h8,12H,1-7H2,(H,13,16)(H,17,18). The van der Waals surface area contributed by atoms with Gasteiger partial charge in [-0.25, -0.2) is 9.59 Å². The fraction of sp³-hybridized carbons (Fsp3) is 0.727. The molecule has 1 atom stereocenters. The lowest BCUT2D eigenvalue weighted by Crippen LogP contribution is -2.62. The molecule has 2 fully saturated rings. The highest BCUT2D eigenvalue weighted by atomic mass is 16.4. The molecule has 8 heteroatoms. The molecule has 0 bridgehead atoms. The Labute approximate surface area is 110 Å². The van der Waals surface area contributed by atoms with Gasteiger partial charge < -0.3 is 20.6 Å². The zero-order chi connectivity index (χ0) is 13.8. The van der Waals surface area contributed by atoms with Crippen molar-refractivity contribution in [2.24, 2.45) is 0 Å². The van der Waals surface area contributed by atoms with Crippen molar-refractivity contribution in [1.82, 2.24) is 20.4 Å². The lowest BCUT2D eigenvalue weighted by Gasteiger charge is -2.36. The Balaban J connectivity index is 2.08. The normalized spacial score (nSPS) is 24.6. The number of nitrogens with zero attached hydrogens (tertiary/aromatic N) is 2. The molecule has 106 valence electrons. The number of urea groups is 1. The van der Waals surface area contributed by atoms with E-state index in [0.717, 1.165) is 17.9 Å². The number of carboxylic acids is 1. The number of carbonyl (C=O) groups is 3. The molecule has 0 radical (unpaired) electrons. The van der Waals surface area contributed by atoms with Crippen LogP contribution in [-0.2, 0) is 9.59 Å². The van der Waals surface area contributed by atoms with Crippen molar-refractivity contribution in [1.29, 1.82) is 0 Å². The number of hydrogen-bond donors (Lipinski definition) is 3. The van der Waals surface area contributed by atoms with Gasteiger partial charge in [-0.15, -0.1) is 0 Å². The number of nitrogens with one attached hydrogen (secondary N) is 2. The predicted octanol–water partition coefficient (Wildman–Crippen LogP) is -1.71. The van der Waals surface area contributed by atoms with Gasteiger partial charge in [0.2, 0.25) is 5.91 Å². The summed E-state index contributed by atoms with van der Waals surface area (Å²) in [4.78, 5) is 37.6. The third-order valence-electron chi connectivity index (χ3n) is 3.32. The lowest BCUT2D eigenvalue weighted by molar-refractivity contribution is -0.144. The van der Waals surface area contributed by atoms with E-state index in [1.807, 2.05) is 0 Å². The highest BCUT2D eigenvalue weighted by Crippen LogP contribution is 2.10. The van der Waals surface area contributed by atoms with Crippen LogP contribution in [0.2, 0.25) is 0 Å². The van der Waals surface area contributed by atoms with Crippen molar-refractivity contribution < 1.29 is 19.5 Å². The highest BCUT2D eigenvalue weighted by molar-refractivity contribution is 5.90. The molecule has 0 spiro atoms. The van der Waals surface area contributed by atoms with E-state index in [0.29, 0.717) is 19.6 Å². The Morgan fingerprint density at radius 1 is 1.26 bits per heavy atom. The third-order valence-corrected chi connectivity index (χ3v) is 3.32. The number of rotatable bonds is 1. The van der Waals surface area contributed by atoms with Gasteiger partial charge in [0.05, 0.1) is 0 Å². The largest absolute Gasteiger partial charge is 0.480 e. The number of carbonyl (C=O) groups excluding carboxylic acids is 2. The molecular formula is C11H18N4O4. The summed E-state index contributed by atoms with van der Waals surface area (Å²) in [6, 6.07) is -1.35. The van der Waals surface area contributed by atoms with E-state index in [-0.39, 0.29) is 25.0 Å². The molecule has 19 heavy (non-hydrogen) atoms. The van der Waals surface area contributed by atoms with E-state index in [9.17, 15) is 14.4 Å². The van der Waals surface area contributed by atoms with Crippen LogP contribution in [-0.4, -0.2) is 78.1 Å². The van der Waals surface area contributed by atoms with Crippen molar-refractivity contribution in [3.05, 3.63) is 0 Å². The van der Waals surface area contributed by atoms with Crippen molar-refractivity contribution in [2.75, 3.05) is 39.3 Å². The summed E-state index contributed by atoms with van der Waals surface area (Å²) in [5.74, 6) is -1.42. The Morgan fingerprint density at radius 3 is 2.79 bits per heavy atom. The van der Waals surface area contributed by atoms with Crippen molar-refractivity contribution in [3.8, 4) is 0 Å². The number of hydrogen-bond acceptors (Lipinski definition) is 4. The topological polar surface area (TPSA) is 102 Å². The van der Waals surface area contributed by atoms with Crippen LogP contribution in [0.15, 0.2) is 0 Å². The smallest absolute Gasteiger partial charge is 0.328 e. The van der Waals surface area contributed by atoms with Crippen molar-refractivity contribution in [2.45, 2.75) is 12.5 Å². The fourth-order valence-corrected chi connectivity index (χ4v) is 2.28. The maximum absolute atomic E-state index is 12.3. The molecule has 3 amide bonds. The first kappa shape index (κ1) is 13.6. The van der Waals surface area contributed by atoms with Gasteiger partial charge in [-0.05, 0) is 13.0 Å². The molecule has 8 nitrogen and oxygen atoms in total. The minimum Gasteiger partial charge on any atom is -0.480 e. The Hall–Kier alpha value is -1.83. The second kappa shape index (κ2) is 5.87. The first-order chi connectivity index (χ1) is 9.09. The average molecular weight is 270 g/mol. The molecule has 2 rings (SSSR count). The van der Waals surface area contributed by atoms with Gasteiger partial charge in [-0.3, -0.25) is 9.69 Å². The van der Waals surface area contributed by atoms with E-state index >= 15 is 0 Å². The van der Waals surface area contributed by atoms with Gasteiger partial charge in [0, 0.05) is 26.2 Å². The quantitative estimate of drug-likeness (QED) is 0.526. The first-order valence-corrected chi connectivity index (χ1v) is 6.35. The van der Waals surface area contributed by atoms with Gasteiger partial charge in [-0.1, -0.05) is 0 Å².